The fraction of sp³-hybridized carbons (Fsp3) is 0.360. The summed E-state index contributed by atoms with van der Waals surface area (Å²) >= 11 is 0. The van der Waals surface area contributed by atoms with Crippen LogP contribution in [0.15, 0.2) is 54.9 Å². The lowest BCUT2D eigenvalue weighted by molar-refractivity contribution is -0.136. The van der Waals surface area contributed by atoms with Gasteiger partial charge >= 0.3 is 0 Å². The van der Waals surface area contributed by atoms with Crippen LogP contribution >= 0.6 is 0 Å². The largest absolute Gasteiger partial charge is 0.384 e. The molecule has 1 fully saturated rings. The van der Waals surface area contributed by atoms with Gasteiger partial charge in [-0.3, -0.25) is 9.69 Å². The Kier molecular flexibility index (Phi) is 5.47. The molecule has 0 unspecified atom stereocenters. The van der Waals surface area contributed by atoms with Crippen molar-refractivity contribution in [2.24, 2.45) is 5.92 Å². The number of amides is 1. The molecule has 6 heteroatoms. The van der Waals surface area contributed by atoms with E-state index in [0.717, 1.165) is 51.0 Å². The predicted octanol–water partition coefficient (Wildman–Crippen LogP) is 3.67. The van der Waals surface area contributed by atoms with Gasteiger partial charge in [0.1, 0.15) is 5.82 Å². The van der Waals surface area contributed by atoms with Crippen molar-refractivity contribution in [2.45, 2.75) is 25.8 Å². The second-order valence-electron chi connectivity index (χ2n) is 8.65. The molecule has 0 atom stereocenters. The number of piperidine rings is 1. The molecule has 2 aromatic heterocycles. The number of hydrogen-bond acceptors (Lipinski definition) is 4. The first-order valence-corrected chi connectivity index (χ1v) is 11.1. The Hall–Kier alpha value is -3.12. The van der Waals surface area contributed by atoms with Gasteiger partial charge in [-0.05, 0) is 61.7 Å². The predicted molar refractivity (Wildman–Crippen MR) is 124 cm³/mol. The van der Waals surface area contributed by atoms with Gasteiger partial charge in [-0.1, -0.05) is 24.3 Å². The summed E-state index contributed by atoms with van der Waals surface area (Å²) in [6, 6.07) is 12.3. The van der Waals surface area contributed by atoms with Crippen LogP contribution in [0.1, 0.15) is 30.4 Å². The van der Waals surface area contributed by atoms with Crippen LogP contribution in [-0.4, -0.2) is 51.9 Å². The van der Waals surface area contributed by atoms with Crippen molar-refractivity contribution in [2.75, 3.05) is 31.9 Å². The molecule has 3 aromatic rings. The van der Waals surface area contributed by atoms with Crippen LogP contribution in [0.2, 0.25) is 0 Å². The zero-order valence-corrected chi connectivity index (χ0v) is 17.8. The molecule has 1 saturated heterocycles. The lowest BCUT2D eigenvalue weighted by Crippen LogP contribution is -2.43. The van der Waals surface area contributed by atoms with E-state index in [1.54, 1.807) is 6.20 Å². The number of likely N-dealkylation sites (tertiary alicyclic amines) is 1. The molecule has 0 spiro atoms. The van der Waals surface area contributed by atoms with Gasteiger partial charge < -0.3 is 15.6 Å². The molecule has 0 bridgehead atoms. The molecule has 160 valence electrons. The summed E-state index contributed by atoms with van der Waals surface area (Å²) in [4.78, 5) is 25.0. The number of hydrogen-bond donors (Lipinski definition) is 2. The summed E-state index contributed by atoms with van der Waals surface area (Å²) in [5, 5.41) is 1.26. The number of nitrogens with two attached hydrogens (primary N) is 1. The normalized spacial score (nSPS) is 18.3. The van der Waals surface area contributed by atoms with Crippen molar-refractivity contribution >= 4 is 28.2 Å². The number of aromatic nitrogens is 2. The van der Waals surface area contributed by atoms with Crippen LogP contribution in [0.3, 0.4) is 0 Å². The minimum atomic E-state index is 0.141. The minimum absolute atomic E-state index is 0.141. The fourth-order valence-electron chi connectivity index (χ4n) is 4.90. The molecule has 4 heterocycles. The maximum atomic E-state index is 13.1. The third-order valence-corrected chi connectivity index (χ3v) is 6.64. The molecule has 1 aromatic carbocycles. The van der Waals surface area contributed by atoms with Crippen LogP contribution < -0.4 is 5.73 Å². The summed E-state index contributed by atoms with van der Waals surface area (Å²) in [7, 11) is 0. The third kappa shape index (κ3) is 4.21. The van der Waals surface area contributed by atoms with Gasteiger partial charge in [0.05, 0.1) is 0 Å². The van der Waals surface area contributed by atoms with Crippen LogP contribution in [0.4, 0.5) is 5.82 Å². The van der Waals surface area contributed by atoms with Crippen molar-refractivity contribution < 1.29 is 4.79 Å². The summed E-state index contributed by atoms with van der Waals surface area (Å²) in [6.07, 6.45) is 8.86. The highest BCUT2D eigenvalue weighted by Gasteiger charge is 2.29. The Labute approximate surface area is 182 Å². The van der Waals surface area contributed by atoms with Gasteiger partial charge in [0.2, 0.25) is 5.91 Å². The van der Waals surface area contributed by atoms with Crippen molar-refractivity contribution in [3.63, 3.8) is 0 Å². The number of pyridine rings is 1. The molecular formula is C25H29N5O. The highest BCUT2D eigenvalue weighted by molar-refractivity contribution is 5.93. The number of nitrogens with one attached hydrogen (secondary N) is 1. The molecule has 0 radical (unpaired) electrons. The van der Waals surface area contributed by atoms with Crippen LogP contribution in [0, 0.1) is 5.92 Å². The summed E-state index contributed by atoms with van der Waals surface area (Å²) < 4.78 is 0. The van der Waals surface area contributed by atoms with Gasteiger partial charge in [0.15, 0.2) is 0 Å². The maximum absolute atomic E-state index is 13.1. The molecule has 6 nitrogen and oxygen atoms in total. The number of aromatic amines is 1. The lowest BCUT2D eigenvalue weighted by Gasteiger charge is -2.35. The Morgan fingerprint density at radius 1 is 1.16 bits per heavy atom. The highest BCUT2D eigenvalue weighted by atomic mass is 16.2. The number of carbonyl (C=O) groups excluding carboxylic acids is 1. The van der Waals surface area contributed by atoms with Gasteiger partial charge in [-0.25, -0.2) is 4.98 Å². The summed E-state index contributed by atoms with van der Waals surface area (Å²) in [6.45, 7) is 4.28. The quantitative estimate of drug-likeness (QED) is 0.681. The van der Waals surface area contributed by atoms with Gasteiger partial charge in [0.25, 0.3) is 0 Å². The van der Waals surface area contributed by atoms with E-state index in [4.69, 9.17) is 5.73 Å². The summed E-state index contributed by atoms with van der Waals surface area (Å²) in [5.41, 5.74) is 10.8. The Morgan fingerprint density at radius 2 is 2.00 bits per heavy atom. The Bertz CT molecular complexity index is 1110. The molecule has 5 rings (SSSR count). The average Bonchev–Trinajstić information content (AvgIpc) is 3.24. The van der Waals surface area contributed by atoms with E-state index < -0.39 is 0 Å². The zero-order chi connectivity index (χ0) is 21.2. The average molecular weight is 416 g/mol. The fourth-order valence-corrected chi connectivity index (χ4v) is 4.90. The Morgan fingerprint density at radius 3 is 2.77 bits per heavy atom. The zero-order valence-electron chi connectivity index (χ0n) is 17.8. The van der Waals surface area contributed by atoms with Gasteiger partial charge in [-0.2, -0.15) is 0 Å². The van der Waals surface area contributed by atoms with E-state index in [1.165, 1.54) is 22.1 Å². The number of rotatable bonds is 4. The molecule has 2 aliphatic rings. The third-order valence-electron chi connectivity index (χ3n) is 6.64. The van der Waals surface area contributed by atoms with E-state index in [-0.39, 0.29) is 5.92 Å². The number of benzene rings is 1. The smallest absolute Gasteiger partial charge is 0.226 e. The molecule has 2 aliphatic heterocycles. The van der Waals surface area contributed by atoms with Crippen molar-refractivity contribution in [3.05, 3.63) is 66.0 Å². The molecule has 0 saturated carbocycles. The van der Waals surface area contributed by atoms with Crippen LogP contribution in [-0.2, 0) is 11.3 Å². The van der Waals surface area contributed by atoms with Crippen molar-refractivity contribution in [3.8, 4) is 0 Å². The first-order chi connectivity index (χ1) is 15.2. The minimum Gasteiger partial charge on any atom is -0.384 e. The van der Waals surface area contributed by atoms with Gasteiger partial charge in [0, 0.05) is 54.4 Å². The number of fused-ring (bicyclic) bond motifs is 1. The van der Waals surface area contributed by atoms with E-state index >= 15 is 0 Å². The molecule has 0 aliphatic carbocycles. The second-order valence-corrected chi connectivity index (χ2v) is 8.65. The van der Waals surface area contributed by atoms with Gasteiger partial charge in [-0.15, -0.1) is 0 Å². The van der Waals surface area contributed by atoms with Crippen LogP contribution in [0.5, 0.6) is 0 Å². The molecule has 1 amide bonds. The number of nitrogen functional groups attached to an aromatic ring is 1. The number of anilines is 1. The van der Waals surface area contributed by atoms with Crippen molar-refractivity contribution in [1.82, 2.24) is 19.8 Å². The highest BCUT2D eigenvalue weighted by Crippen LogP contribution is 2.30. The molecular weight excluding hydrogens is 386 g/mol. The van der Waals surface area contributed by atoms with Crippen LogP contribution in [0.25, 0.3) is 16.5 Å². The number of para-hydroxylation sites is 1. The van der Waals surface area contributed by atoms with E-state index in [1.807, 2.05) is 17.0 Å². The first-order valence-electron chi connectivity index (χ1n) is 11.1. The first kappa shape index (κ1) is 19.8. The standard InChI is InChI=1S/C25H29N5O/c26-24-15-18(5-10-27-24)17-29-11-6-20(7-12-29)25(31)30-13-8-19(9-14-30)22-16-28-23-4-2-1-3-21(22)23/h1-5,8,10,15-16,20,28H,6-7,9,11-14,17H2,(H2,26,27). The van der Waals surface area contributed by atoms with E-state index in [2.05, 4.69) is 51.4 Å². The summed E-state index contributed by atoms with van der Waals surface area (Å²) in [5.74, 6) is 1.02. The van der Waals surface area contributed by atoms with E-state index in [9.17, 15) is 4.79 Å². The maximum Gasteiger partial charge on any atom is 0.226 e. The molecule has 31 heavy (non-hydrogen) atoms. The lowest BCUT2D eigenvalue weighted by atomic mass is 9.93. The number of H-pyrrole nitrogens is 1. The topological polar surface area (TPSA) is 78.2 Å². The number of carbonyl (C=O) groups is 1. The van der Waals surface area contributed by atoms with Crippen molar-refractivity contribution in [1.29, 1.82) is 0 Å². The Balaban J connectivity index is 1.17. The monoisotopic (exact) mass is 415 g/mol. The van der Waals surface area contributed by atoms with E-state index in [0.29, 0.717) is 18.3 Å². The molecule has 3 N–H and O–H groups in total. The second kappa shape index (κ2) is 8.55. The SMILES string of the molecule is Nc1cc(CN2CCC(C(=O)N3CC=C(c4c[nH]c5ccccc45)CC3)CC2)ccn1. The number of nitrogens with zero attached hydrogens (tertiary/aromatic N) is 3.